The van der Waals surface area contributed by atoms with Gasteiger partial charge in [-0.25, -0.2) is 0 Å². The quantitative estimate of drug-likeness (QED) is 0.664. The molecule has 4 rings (SSSR count). The molecule has 28 heavy (non-hydrogen) atoms. The second-order valence-corrected chi connectivity index (χ2v) is 8.05. The van der Waals surface area contributed by atoms with Crippen molar-refractivity contribution in [2.75, 3.05) is 13.2 Å². The van der Waals surface area contributed by atoms with E-state index in [1.165, 1.54) is 0 Å². The third-order valence-electron chi connectivity index (χ3n) is 5.27. The number of ether oxygens (including phenoxy) is 6. The summed E-state index contributed by atoms with van der Waals surface area (Å²) in [5.74, 6) is -0.692. The lowest BCUT2D eigenvalue weighted by molar-refractivity contribution is -0.216. The molecule has 5 atom stereocenters. The molecule has 1 aromatic carbocycles. The summed E-state index contributed by atoms with van der Waals surface area (Å²) in [5, 5.41) is 0. The summed E-state index contributed by atoms with van der Waals surface area (Å²) < 4.78 is 35.9. The van der Waals surface area contributed by atoms with Gasteiger partial charge >= 0.3 is 0 Å². The highest BCUT2D eigenvalue weighted by atomic mass is 16.8. The van der Waals surface area contributed by atoms with Crippen molar-refractivity contribution in [3.63, 3.8) is 0 Å². The van der Waals surface area contributed by atoms with Crippen LogP contribution in [0.1, 0.15) is 38.7 Å². The molecule has 0 aliphatic carbocycles. The summed E-state index contributed by atoms with van der Waals surface area (Å²) >= 11 is 0. The first-order valence-electron chi connectivity index (χ1n) is 10.1. The van der Waals surface area contributed by atoms with Gasteiger partial charge in [0.1, 0.15) is 18.3 Å². The molecule has 3 aliphatic heterocycles. The second kappa shape index (κ2) is 8.61. The van der Waals surface area contributed by atoms with Crippen LogP contribution in [-0.2, 0) is 35.0 Å². The largest absolute Gasteiger partial charge is 0.368 e. The molecular formula is C22H30O6. The monoisotopic (exact) mass is 390 g/mol. The van der Waals surface area contributed by atoms with Crippen molar-refractivity contribution in [1.29, 1.82) is 0 Å². The van der Waals surface area contributed by atoms with Crippen LogP contribution in [0.15, 0.2) is 42.5 Å². The van der Waals surface area contributed by atoms with E-state index in [0.717, 1.165) is 37.0 Å². The van der Waals surface area contributed by atoms with Crippen molar-refractivity contribution in [3.05, 3.63) is 48.0 Å². The normalized spacial score (nSPS) is 34.3. The van der Waals surface area contributed by atoms with E-state index < -0.39 is 12.1 Å². The predicted octanol–water partition coefficient (Wildman–Crippen LogP) is 3.55. The fraction of sp³-hybridized carbons (Fsp3) is 0.636. The standard InChI is InChI=1S/C22H30O6/c1-15(13-24-17-11-7-8-12-23-17)18-19(25-14-16-9-5-4-6-10-16)20-21(26-18)28-22(2,3)27-20/h4-6,9-10,17-21H,1,7-8,11-14H2,2-3H3/t17?,18-,19+,20-,21-/m1/s1. The molecule has 0 amide bonds. The van der Waals surface area contributed by atoms with Crippen LogP contribution >= 0.6 is 0 Å². The van der Waals surface area contributed by atoms with Gasteiger partial charge in [0.2, 0.25) is 0 Å². The molecule has 3 saturated heterocycles. The van der Waals surface area contributed by atoms with Crippen LogP contribution in [0.2, 0.25) is 0 Å². The maximum atomic E-state index is 6.24. The van der Waals surface area contributed by atoms with Gasteiger partial charge in [-0.3, -0.25) is 0 Å². The minimum atomic E-state index is -0.692. The zero-order valence-corrected chi connectivity index (χ0v) is 16.7. The van der Waals surface area contributed by atoms with Crippen LogP contribution in [0, 0.1) is 0 Å². The molecule has 0 bridgehead atoms. The van der Waals surface area contributed by atoms with E-state index in [0.29, 0.717) is 13.2 Å². The Morgan fingerprint density at radius 3 is 2.71 bits per heavy atom. The highest BCUT2D eigenvalue weighted by Gasteiger charge is 2.56. The SMILES string of the molecule is C=C(COC1CCCCO1)[C@H]1O[C@@H]2OC(C)(C)O[C@@H]2[C@H]1OCc1ccccc1. The van der Waals surface area contributed by atoms with Gasteiger partial charge in [0.15, 0.2) is 18.4 Å². The Kier molecular flexibility index (Phi) is 6.16. The molecule has 154 valence electrons. The summed E-state index contributed by atoms with van der Waals surface area (Å²) in [6, 6.07) is 10.1. The lowest BCUT2D eigenvalue weighted by atomic mass is 10.0. The van der Waals surface area contributed by atoms with Crippen molar-refractivity contribution in [2.45, 2.75) is 76.4 Å². The van der Waals surface area contributed by atoms with E-state index in [9.17, 15) is 0 Å². The van der Waals surface area contributed by atoms with Gasteiger partial charge in [0, 0.05) is 6.61 Å². The number of rotatable bonds is 7. The zero-order chi connectivity index (χ0) is 19.6. The van der Waals surface area contributed by atoms with Crippen LogP contribution in [0.25, 0.3) is 0 Å². The van der Waals surface area contributed by atoms with E-state index in [-0.39, 0.29) is 24.6 Å². The maximum absolute atomic E-state index is 6.24. The molecule has 0 radical (unpaired) electrons. The van der Waals surface area contributed by atoms with Gasteiger partial charge in [-0.05, 0) is 44.2 Å². The highest BCUT2D eigenvalue weighted by molar-refractivity contribution is 5.15. The molecule has 1 aromatic rings. The summed E-state index contributed by atoms with van der Waals surface area (Å²) in [7, 11) is 0. The minimum absolute atomic E-state index is 0.165. The fourth-order valence-corrected chi connectivity index (χ4v) is 3.88. The molecule has 0 N–H and O–H groups in total. The Morgan fingerprint density at radius 2 is 1.96 bits per heavy atom. The van der Waals surface area contributed by atoms with Gasteiger partial charge in [-0.2, -0.15) is 0 Å². The van der Waals surface area contributed by atoms with Crippen molar-refractivity contribution in [3.8, 4) is 0 Å². The second-order valence-electron chi connectivity index (χ2n) is 8.05. The first-order valence-corrected chi connectivity index (χ1v) is 10.1. The Labute approximate surface area is 166 Å². The van der Waals surface area contributed by atoms with Crippen molar-refractivity contribution >= 4 is 0 Å². The highest BCUT2D eigenvalue weighted by Crippen LogP contribution is 2.40. The molecule has 6 heteroatoms. The number of hydrogen-bond acceptors (Lipinski definition) is 6. The van der Waals surface area contributed by atoms with Gasteiger partial charge in [-0.15, -0.1) is 0 Å². The van der Waals surface area contributed by atoms with E-state index in [2.05, 4.69) is 6.58 Å². The Balaban J connectivity index is 1.39. The van der Waals surface area contributed by atoms with Crippen LogP contribution in [0.4, 0.5) is 0 Å². The molecular weight excluding hydrogens is 360 g/mol. The lowest BCUT2D eigenvalue weighted by Crippen LogP contribution is -2.38. The molecule has 0 saturated carbocycles. The smallest absolute Gasteiger partial charge is 0.190 e. The summed E-state index contributed by atoms with van der Waals surface area (Å²) in [6.07, 6.45) is 1.54. The molecule has 3 aliphatic rings. The predicted molar refractivity (Wildman–Crippen MR) is 102 cm³/mol. The Bertz CT molecular complexity index is 654. The third-order valence-corrected chi connectivity index (χ3v) is 5.27. The van der Waals surface area contributed by atoms with E-state index in [1.54, 1.807) is 0 Å². The van der Waals surface area contributed by atoms with Gasteiger partial charge in [0.05, 0.1) is 13.2 Å². The molecule has 0 spiro atoms. The molecule has 6 nitrogen and oxygen atoms in total. The Hall–Kier alpha value is -1.28. The fourth-order valence-electron chi connectivity index (χ4n) is 3.88. The third kappa shape index (κ3) is 4.64. The van der Waals surface area contributed by atoms with Crippen LogP contribution < -0.4 is 0 Å². The molecule has 3 heterocycles. The first-order chi connectivity index (χ1) is 13.5. The van der Waals surface area contributed by atoms with E-state index in [4.69, 9.17) is 28.4 Å². The zero-order valence-electron chi connectivity index (χ0n) is 16.7. The van der Waals surface area contributed by atoms with Crippen molar-refractivity contribution < 1.29 is 28.4 Å². The number of fused-ring (bicyclic) bond motifs is 1. The number of benzene rings is 1. The molecule has 0 aromatic heterocycles. The van der Waals surface area contributed by atoms with Gasteiger partial charge < -0.3 is 28.4 Å². The maximum Gasteiger partial charge on any atom is 0.190 e. The van der Waals surface area contributed by atoms with Crippen molar-refractivity contribution in [1.82, 2.24) is 0 Å². The first kappa shape index (κ1) is 20.0. The van der Waals surface area contributed by atoms with Crippen LogP contribution in [0.3, 0.4) is 0 Å². The molecule has 1 unspecified atom stereocenters. The van der Waals surface area contributed by atoms with Crippen molar-refractivity contribution in [2.24, 2.45) is 0 Å². The Morgan fingerprint density at radius 1 is 1.14 bits per heavy atom. The topological polar surface area (TPSA) is 55.4 Å². The average molecular weight is 390 g/mol. The van der Waals surface area contributed by atoms with E-state index >= 15 is 0 Å². The summed E-state index contributed by atoms with van der Waals surface area (Å²) in [5.41, 5.74) is 1.91. The van der Waals surface area contributed by atoms with E-state index in [1.807, 2.05) is 44.2 Å². The number of hydrogen-bond donors (Lipinski definition) is 0. The van der Waals surface area contributed by atoms with Gasteiger partial charge in [0.25, 0.3) is 0 Å². The van der Waals surface area contributed by atoms with Crippen LogP contribution in [0.5, 0.6) is 0 Å². The summed E-state index contributed by atoms with van der Waals surface area (Å²) in [6.45, 7) is 9.55. The summed E-state index contributed by atoms with van der Waals surface area (Å²) in [4.78, 5) is 0. The molecule has 3 fully saturated rings. The van der Waals surface area contributed by atoms with Gasteiger partial charge in [-0.1, -0.05) is 36.9 Å². The minimum Gasteiger partial charge on any atom is -0.368 e. The lowest BCUT2D eigenvalue weighted by Gasteiger charge is -2.28. The van der Waals surface area contributed by atoms with Crippen LogP contribution in [-0.4, -0.2) is 49.9 Å². The average Bonchev–Trinajstić information content (AvgIpc) is 3.18.